The Morgan fingerprint density at radius 2 is 1.69 bits per heavy atom. The molecule has 16 heavy (non-hydrogen) atoms. The molecule has 0 aromatic carbocycles. The molecule has 0 N–H and O–H groups in total. The molecule has 0 spiro atoms. The minimum Gasteiger partial charge on any atom is -0.343 e. The minimum atomic E-state index is 0.252. The van der Waals surface area contributed by atoms with Gasteiger partial charge in [0.1, 0.15) is 0 Å². The van der Waals surface area contributed by atoms with Gasteiger partial charge in [-0.25, -0.2) is 0 Å². The van der Waals surface area contributed by atoms with Crippen LogP contribution in [0.3, 0.4) is 0 Å². The molecule has 0 saturated carbocycles. The van der Waals surface area contributed by atoms with Crippen molar-refractivity contribution in [3.8, 4) is 0 Å². The van der Waals surface area contributed by atoms with Crippen molar-refractivity contribution in [1.29, 1.82) is 0 Å². The number of piperidine rings is 1. The molecule has 1 aliphatic rings. The third-order valence-electron chi connectivity index (χ3n) is 3.73. The highest BCUT2D eigenvalue weighted by molar-refractivity contribution is 5.78. The van der Waals surface area contributed by atoms with Crippen LogP contribution in [0.4, 0.5) is 0 Å². The van der Waals surface area contributed by atoms with Crippen molar-refractivity contribution in [2.24, 2.45) is 5.92 Å². The molecule has 0 aromatic heterocycles. The predicted molar refractivity (Wildman–Crippen MR) is 67.3 cm³/mol. The summed E-state index contributed by atoms with van der Waals surface area (Å²) in [6.45, 7) is 10.7. The Kier molecular flexibility index (Phi) is 4.78. The number of amides is 1. The quantitative estimate of drug-likeness (QED) is 0.734. The van der Waals surface area contributed by atoms with Crippen LogP contribution in [0.2, 0.25) is 0 Å². The highest BCUT2D eigenvalue weighted by atomic mass is 16.2. The summed E-state index contributed by atoms with van der Waals surface area (Å²) in [5, 5.41) is 0. The van der Waals surface area contributed by atoms with Gasteiger partial charge in [-0.15, -0.1) is 0 Å². The van der Waals surface area contributed by atoms with Crippen LogP contribution < -0.4 is 0 Å². The van der Waals surface area contributed by atoms with Crippen LogP contribution in [0.1, 0.15) is 40.5 Å². The first-order chi connectivity index (χ1) is 7.43. The van der Waals surface area contributed by atoms with Gasteiger partial charge in [0.05, 0.1) is 0 Å². The summed E-state index contributed by atoms with van der Waals surface area (Å²) in [4.78, 5) is 16.5. The van der Waals surface area contributed by atoms with Crippen LogP contribution in [0.25, 0.3) is 0 Å². The van der Waals surface area contributed by atoms with E-state index >= 15 is 0 Å². The molecule has 3 nitrogen and oxygen atoms in total. The van der Waals surface area contributed by atoms with Crippen molar-refractivity contribution in [1.82, 2.24) is 9.80 Å². The van der Waals surface area contributed by atoms with E-state index in [1.807, 2.05) is 11.9 Å². The van der Waals surface area contributed by atoms with Gasteiger partial charge in [0, 0.05) is 25.0 Å². The van der Waals surface area contributed by atoms with E-state index < -0.39 is 0 Å². The second-order valence-electron chi connectivity index (χ2n) is 5.45. The molecule has 0 bridgehead atoms. The molecule has 1 aliphatic heterocycles. The minimum absolute atomic E-state index is 0.252. The maximum atomic E-state index is 12.1. The van der Waals surface area contributed by atoms with Crippen LogP contribution in [0, 0.1) is 5.92 Å². The molecule has 1 heterocycles. The highest BCUT2D eigenvalue weighted by Gasteiger charge is 2.28. The van der Waals surface area contributed by atoms with Crippen molar-refractivity contribution in [3.63, 3.8) is 0 Å². The molecule has 1 amide bonds. The van der Waals surface area contributed by atoms with Crippen LogP contribution in [0.15, 0.2) is 0 Å². The molecule has 0 aromatic rings. The molecule has 1 fully saturated rings. The van der Waals surface area contributed by atoms with Gasteiger partial charge >= 0.3 is 0 Å². The number of rotatable bonds is 3. The van der Waals surface area contributed by atoms with E-state index in [2.05, 4.69) is 32.6 Å². The van der Waals surface area contributed by atoms with Gasteiger partial charge in [-0.05, 0) is 53.6 Å². The number of hydrogen-bond donors (Lipinski definition) is 0. The number of likely N-dealkylation sites (tertiary alicyclic amines) is 1. The molecule has 0 unspecified atom stereocenters. The number of carbonyl (C=O) groups is 1. The lowest BCUT2D eigenvalue weighted by molar-refractivity contribution is -0.137. The fraction of sp³-hybridized carbons (Fsp3) is 0.923. The van der Waals surface area contributed by atoms with Gasteiger partial charge < -0.3 is 9.80 Å². The standard InChI is InChI=1S/C13H26N2O/c1-10(2)14(5)13(16)12-6-8-15(9-7-12)11(3)4/h10-12H,6-9H2,1-5H3. The molecule has 0 aliphatic carbocycles. The van der Waals surface area contributed by atoms with E-state index in [1.54, 1.807) is 0 Å². The largest absolute Gasteiger partial charge is 0.343 e. The summed E-state index contributed by atoms with van der Waals surface area (Å²) in [7, 11) is 1.92. The van der Waals surface area contributed by atoms with Crippen LogP contribution >= 0.6 is 0 Å². The Balaban J connectivity index is 2.45. The van der Waals surface area contributed by atoms with Gasteiger partial charge in [-0.1, -0.05) is 0 Å². The SMILES string of the molecule is CC(C)N1CCC(C(=O)N(C)C(C)C)CC1. The maximum Gasteiger partial charge on any atom is 0.225 e. The summed E-state index contributed by atoms with van der Waals surface area (Å²) in [5.74, 6) is 0.584. The second-order valence-corrected chi connectivity index (χ2v) is 5.45. The van der Waals surface area contributed by atoms with E-state index in [0.29, 0.717) is 18.0 Å². The number of hydrogen-bond acceptors (Lipinski definition) is 2. The highest BCUT2D eigenvalue weighted by Crippen LogP contribution is 2.21. The molecule has 3 heteroatoms. The first kappa shape index (κ1) is 13.5. The van der Waals surface area contributed by atoms with Crippen molar-refractivity contribution < 1.29 is 4.79 Å². The molecule has 94 valence electrons. The van der Waals surface area contributed by atoms with Gasteiger partial charge in [-0.2, -0.15) is 0 Å². The number of nitrogens with zero attached hydrogens (tertiary/aromatic N) is 2. The maximum absolute atomic E-state index is 12.1. The molecule has 1 rings (SSSR count). The van der Waals surface area contributed by atoms with E-state index in [9.17, 15) is 4.79 Å². The molecular formula is C13H26N2O. The van der Waals surface area contributed by atoms with E-state index in [-0.39, 0.29) is 5.92 Å². The van der Waals surface area contributed by atoms with Crippen molar-refractivity contribution in [2.45, 2.75) is 52.6 Å². The molecular weight excluding hydrogens is 200 g/mol. The first-order valence-corrected chi connectivity index (χ1v) is 6.44. The third kappa shape index (κ3) is 3.21. The summed E-state index contributed by atoms with van der Waals surface area (Å²) >= 11 is 0. The normalized spacial score (nSPS) is 19.4. The Morgan fingerprint density at radius 3 is 2.06 bits per heavy atom. The average molecular weight is 226 g/mol. The zero-order valence-corrected chi connectivity index (χ0v) is 11.4. The van der Waals surface area contributed by atoms with Crippen LogP contribution in [-0.2, 0) is 4.79 Å². The Morgan fingerprint density at radius 1 is 1.19 bits per heavy atom. The molecule has 1 saturated heterocycles. The van der Waals surface area contributed by atoms with Gasteiger partial charge in [0.25, 0.3) is 0 Å². The Labute approximate surface area is 99.8 Å². The van der Waals surface area contributed by atoms with Crippen molar-refractivity contribution in [2.75, 3.05) is 20.1 Å². The van der Waals surface area contributed by atoms with Crippen molar-refractivity contribution >= 4 is 5.91 Å². The molecule has 0 atom stereocenters. The zero-order chi connectivity index (χ0) is 12.3. The summed E-state index contributed by atoms with van der Waals surface area (Å²) in [6.07, 6.45) is 2.04. The first-order valence-electron chi connectivity index (χ1n) is 6.44. The van der Waals surface area contributed by atoms with E-state index in [0.717, 1.165) is 25.9 Å². The summed E-state index contributed by atoms with van der Waals surface area (Å²) < 4.78 is 0. The van der Waals surface area contributed by atoms with E-state index in [4.69, 9.17) is 0 Å². The molecule has 0 radical (unpaired) electrons. The summed E-state index contributed by atoms with van der Waals surface area (Å²) in [5.41, 5.74) is 0. The van der Waals surface area contributed by atoms with Gasteiger partial charge in [0.2, 0.25) is 5.91 Å². The van der Waals surface area contributed by atoms with Crippen molar-refractivity contribution in [3.05, 3.63) is 0 Å². The van der Waals surface area contributed by atoms with Gasteiger partial charge in [0.15, 0.2) is 0 Å². The van der Waals surface area contributed by atoms with Crippen LogP contribution in [-0.4, -0.2) is 47.9 Å². The average Bonchev–Trinajstić information content (AvgIpc) is 2.27. The zero-order valence-electron chi connectivity index (χ0n) is 11.4. The lowest BCUT2D eigenvalue weighted by Gasteiger charge is -2.36. The van der Waals surface area contributed by atoms with E-state index in [1.165, 1.54) is 0 Å². The number of carbonyl (C=O) groups excluding carboxylic acids is 1. The monoisotopic (exact) mass is 226 g/mol. The van der Waals surface area contributed by atoms with Gasteiger partial charge in [-0.3, -0.25) is 4.79 Å². The lowest BCUT2D eigenvalue weighted by Crippen LogP contribution is -2.45. The lowest BCUT2D eigenvalue weighted by atomic mass is 9.94. The summed E-state index contributed by atoms with van der Waals surface area (Å²) in [6, 6.07) is 0.925. The fourth-order valence-corrected chi connectivity index (χ4v) is 2.21. The smallest absolute Gasteiger partial charge is 0.225 e. The third-order valence-corrected chi connectivity index (χ3v) is 3.73. The fourth-order valence-electron chi connectivity index (χ4n) is 2.21. The predicted octanol–water partition coefficient (Wildman–Crippen LogP) is 1.97. The van der Waals surface area contributed by atoms with Crippen LogP contribution in [0.5, 0.6) is 0 Å². The Hall–Kier alpha value is -0.570. The topological polar surface area (TPSA) is 23.6 Å². The Bertz CT molecular complexity index is 230. The second kappa shape index (κ2) is 5.67.